The van der Waals surface area contributed by atoms with Crippen LogP contribution in [-0.4, -0.2) is 29.7 Å². The van der Waals surface area contributed by atoms with Crippen molar-refractivity contribution in [3.63, 3.8) is 0 Å². The standard InChI is InChI=1S/C16H20F3NO2/c1-16(2,3)22-15(21)20-6-4-10(5-7-20)11-8-12(17)14(19)13(18)9-11/h8-10H,4-7H2,1-3H3. The van der Waals surface area contributed by atoms with Crippen LogP contribution >= 0.6 is 0 Å². The smallest absolute Gasteiger partial charge is 0.410 e. The van der Waals surface area contributed by atoms with Crippen LogP contribution in [0.4, 0.5) is 18.0 Å². The van der Waals surface area contributed by atoms with E-state index in [1.807, 2.05) is 0 Å². The maximum atomic E-state index is 13.3. The van der Waals surface area contributed by atoms with Gasteiger partial charge in [0, 0.05) is 13.1 Å². The molecule has 1 aromatic carbocycles. The lowest BCUT2D eigenvalue weighted by Gasteiger charge is -2.33. The van der Waals surface area contributed by atoms with Gasteiger partial charge >= 0.3 is 6.09 Å². The fourth-order valence-corrected chi connectivity index (χ4v) is 2.53. The zero-order chi connectivity index (χ0) is 16.5. The minimum atomic E-state index is -1.45. The summed E-state index contributed by atoms with van der Waals surface area (Å²) in [5.41, 5.74) is -0.128. The number of rotatable bonds is 1. The largest absolute Gasteiger partial charge is 0.444 e. The van der Waals surface area contributed by atoms with Gasteiger partial charge < -0.3 is 9.64 Å². The van der Waals surface area contributed by atoms with Gasteiger partial charge in [0.15, 0.2) is 17.5 Å². The van der Waals surface area contributed by atoms with Crippen LogP contribution in [0.1, 0.15) is 45.1 Å². The van der Waals surface area contributed by atoms with E-state index >= 15 is 0 Å². The molecule has 6 heteroatoms. The molecule has 0 unspecified atom stereocenters. The van der Waals surface area contributed by atoms with Crippen molar-refractivity contribution in [2.24, 2.45) is 0 Å². The van der Waals surface area contributed by atoms with E-state index in [9.17, 15) is 18.0 Å². The van der Waals surface area contributed by atoms with Crippen LogP contribution in [0, 0.1) is 17.5 Å². The molecule has 1 fully saturated rings. The Morgan fingerprint density at radius 3 is 2.09 bits per heavy atom. The third kappa shape index (κ3) is 3.93. The van der Waals surface area contributed by atoms with Crippen LogP contribution < -0.4 is 0 Å². The first-order valence-corrected chi connectivity index (χ1v) is 7.30. The zero-order valence-electron chi connectivity index (χ0n) is 13.0. The molecule has 0 spiro atoms. The zero-order valence-corrected chi connectivity index (χ0v) is 13.0. The predicted molar refractivity (Wildman–Crippen MR) is 76.1 cm³/mol. The highest BCUT2D eigenvalue weighted by molar-refractivity contribution is 5.68. The van der Waals surface area contributed by atoms with E-state index in [0.717, 1.165) is 12.1 Å². The Labute approximate surface area is 128 Å². The topological polar surface area (TPSA) is 29.5 Å². The SMILES string of the molecule is CC(C)(C)OC(=O)N1CCC(c2cc(F)c(F)c(F)c2)CC1. The van der Waals surface area contributed by atoms with Gasteiger partial charge in [0.2, 0.25) is 0 Å². The summed E-state index contributed by atoms with van der Waals surface area (Å²) >= 11 is 0. The van der Waals surface area contributed by atoms with Gasteiger partial charge in [0.05, 0.1) is 0 Å². The van der Waals surface area contributed by atoms with Gasteiger partial charge in [-0.25, -0.2) is 18.0 Å². The van der Waals surface area contributed by atoms with Crippen molar-refractivity contribution < 1.29 is 22.7 Å². The van der Waals surface area contributed by atoms with Crippen LogP contribution in [0.15, 0.2) is 12.1 Å². The molecule has 0 saturated carbocycles. The van der Waals surface area contributed by atoms with Crippen molar-refractivity contribution in [1.29, 1.82) is 0 Å². The summed E-state index contributed by atoms with van der Waals surface area (Å²) in [6.45, 7) is 6.27. The van der Waals surface area contributed by atoms with E-state index in [1.54, 1.807) is 25.7 Å². The van der Waals surface area contributed by atoms with Crippen molar-refractivity contribution in [3.05, 3.63) is 35.1 Å². The quantitative estimate of drug-likeness (QED) is 0.726. The lowest BCUT2D eigenvalue weighted by Crippen LogP contribution is -2.41. The Hall–Kier alpha value is -1.72. The summed E-state index contributed by atoms with van der Waals surface area (Å²) in [5, 5.41) is 0. The molecule has 0 aromatic heterocycles. The number of amides is 1. The van der Waals surface area contributed by atoms with Crippen LogP contribution in [-0.2, 0) is 4.74 Å². The van der Waals surface area contributed by atoms with Crippen molar-refractivity contribution in [1.82, 2.24) is 4.90 Å². The molecule has 122 valence electrons. The molecule has 3 nitrogen and oxygen atoms in total. The maximum absolute atomic E-state index is 13.3. The number of hydrogen-bond acceptors (Lipinski definition) is 2. The molecule has 0 N–H and O–H groups in total. The van der Waals surface area contributed by atoms with Gasteiger partial charge in [-0.1, -0.05) is 0 Å². The van der Waals surface area contributed by atoms with E-state index < -0.39 is 23.1 Å². The molecule has 1 heterocycles. The Morgan fingerprint density at radius 2 is 1.64 bits per heavy atom. The van der Waals surface area contributed by atoms with Crippen LogP contribution in [0.5, 0.6) is 0 Å². The lowest BCUT2D eigenvalue weighted by atomic mass is 9.89. The summed E-state index contributed by atoms with van der Waals surface area (Å²) in [5.74, 6) is -3.90. The van der Waals surface area contributed by atoms with Gasteiger partial charge in [0.25, 0.3) is 0 Å². The van der Waals surface area contributed by atoms with E-state index in [0.29, 0.717) is 31.5 Å². The molecule has 0 atom stereocenters. The third-order valence-electron chi connectivity index (χ3n) is 3.62. The molecule has 1 amide bonds. The molecule has 1 aliphatic rings. The first-order valence-electron chi connectivity index (χ1n) is 7.30. The Morgan fingerprint density at radius 1 is 1.14 bits per heavy atom. The highest BCUT2D eigenvalue weighted by Gasteiger charge is 2.28. The minimum Gasteiger partial charge on any atom is -0.444 e. The van der Waals surface area contributed by atoms with Crippen molar-refractivity contribution in [2.75, 3.05) is 13.1 Å². The number of piperidine rings is 1. The molecule has 1 aromatic rings. The monoisotopic (exact) mass is 315 g/mol. The number of halogens is 3. The molecule has 2 rings (SSSR count). The van der Waals surface area contributed by atoms with Crippen LogP contribution in [0.2, 0.25) is 0 Å². The second-order valence-corrected chi connectivity index (χ2v) is 6.54. The molecule has 1 aliphatic heterocycles. The molecule has 22 heavy (non-hydrogen) atoms. The molecule has 1 saturated heterocycles. The second kappa shape index (κ2) is 6.18. The number of hydrogen-bond donors (Lipinski definition) is 0. The van der Waals surface area contributed by atoms with E-state index in [2.05, 4.69) is 0 Å². The molecular weight excluding hydrogens is 295 g/mol. The summed E-state index contributed by atoms with van der Waals surface area (Å²) < 4.78 is 44.8. The van der Waals surface area contributed by atoms with Crippen molar-refractivity contribution >= 4 is 6.09 Å². The van der Waals surface area contributed by atoms with Crippen LogP contribution in [0.3, 0.4) is 0 Å². The molecule has 0 bridgehead atoms. The summed E-state index contributed by atoms with van der Waals surface area (Å²) in [6.07, 6.45) is 0.732. The van der Waals surface area contributed by atoms with E-state index in [4.69, 9.17) is 4.74 Å². The summed E-state index contributed by atoms with van der Waals surface area (Å²) in [4.78, 5) is 13.5. The fourth-order valence-electron chi connectivity index (χ4n) is 2.53. The van der Waals surface area contributed by atoms with E-state index in [1.165, 1.54) is 0 Å². The maximum Gasteiger partial charge on any atom is 0.410 e. The lowest BCUT2D eigenvalue weighted by molar-refractivity contribution is 0.0204. The predicted octanol–water partition coefficient (Wildman–Crippen LogP) is 4.22. The molecule has 0 radical (unpaired) electrons. The number of nitrogens with zero attached hydrogens (tertiary/aromatic N) is 1. The van der Waals surface area contributed by atoms with Crippen LogP contribution in [0.25, 0.3) is 0 Å². The third-order valence-corrected chi connectivity index (χ3v) is 3.62. The number of carbonyl (C=O) groups excluding carboxylic acids is 1. The highest BCUT2D eigenvalue weighted by atomic mass is 19.2. The highest BCUT2D eigenvalue weighted by Crippen LogP contribution is 2.30. The Kier molecular flexibility index (Phi) is 4.68. The number of ether oxygens (including phenoxy) is 1. The first kappa shape index (κ1) is 16.6. The summed E-state index contributed by atoms with van der Waals surface area (Å²) in [6, 6.07) is 2.07. The van der Waals surface area contributed by atoms with E-state index in [-0.39, 0.29) is 12.0 Å². The minimum absolute atomic E-state index is 0.0942. The first-order chi connectivity index (χ1) is 10.2. The normalized spacial score (nSPS) is 16.7. The average molecular weight is 315 g/mol. The van der Waals surface area contributed by atoms with Gasteiger partial charge in [-0.3, -0.25) is 0 Å². The van der Waals surface area contributed by atoms with Gasteiger partial charge in [-0.2, -0.15) is 0 Å². The Balaban J connectivity index is 1.99. The van der Waals surface area contributed by atoms with Gasteiger partial charge in [0.1, 0.15) is 5.60 Å². The summed E-state index contributed by atoms with van der Waals surface area (Å²) in [7, 11) is 0. The molecule has 0 aliphatic carbocycles. The number of likely N-dealkylation sites (tertiary alicyclic amines) is 1. The van der Waals surface area contributed by atoms with Gasteiger partial charge in [-0.15, -0.1) is 0 Å². The second-order valence-electron chi connectivity index (χ2n) is 6.54. The number of benzene rings is 1. The van der Waals surface area contributed by atoms with Crippen molar-refractivity contribution in [3.8, 4) is 0 Å². The van der Waals surface area contributed by atoms with Crippen molar-refractivity contribution in [2.45, 2.75) is 45.1 Å². The fraction of sp³-hybridized carbons (Fsp3) is 0.562. The Bertz CT molecular complexity index is 538. The number of carbonyl (C=O) groups is 1. The molecular formula is C16H20F3NO2. The van der Waals surface area contributed by atoms with Gasteiger partial charge in [-0.05, 0) is 57.2 Å². The average Bonchev–Trinajstić information content (AvgIpc) is 2.42.